The summed E-state index contributed by atoms with van der Waals surface area (Å²) in [4.78, 5) is 12.2. The van der Waals surface area contributed by atoms with Crippen molar-refractivity contribution in [1.29, 1.82) is 0 Å². The van der Waals surface area contributed by atoms with Gasteiger partial charge >= 0.3 is 0 Å². The predicted molar refractivity (Wildman–Crippen MR) is 95.0 cm³/mol. The van der Waals surface area contributed by atoms with Gasteiger partial charge in [0.15, 0.2) is 0 Å². The van der Waals surface area contributed by atoms with Crippen molar-refractivity contribution in [3.05, 3.63) is 63.6 Å². The number of rotatable bonds is 5. The molecule has 0 fully saturated rings. The molecule has 0 aliphatic rings. The van der Waals surface area contributed by atoms with Crippen LogP contribution in [0.5, 0.6) is 0 Å². The van der Waals surface area contributed by atoms with Crippen molar-refractivity contribution in [2.45, 2.75) is 17.9 Å². The summed E-state index contributed by atoms with van der Waals surface area (Å²) in [6.45, 7) is 1.90. The zero-order chi connectivity index (χ0) is 15.2. The molecule has 0 saturated carbocycles. The van der Waals surface area contributed by atoms with Gasteiger partial charge in [0.25, 0.3) is 0 Å². The summed E-state index contributed by atoms with van der Waals surface area (Å²) in [6.07, 6.45) is 0. The van der Waals surface area contributed by atoms with E-state index in [1.165, 1.54) is 5.56 Å². The topological polar surface area (TPSA) is 29.1 Å². The first-order valence-electron chi connectivity index (χ1n) is 6.47. The molecule has 0 unspecified atom stereocenters. The molecule has 0 radical (unpaired) electrons. The van der Waals surface area contributed by atoms with Crippen molar-refractivity contribution in [2.75, 3.05) is 5.32 Å². The SMILES string of the molecule is C[C@H](SCc1cccc(Br)c1)C(=O)Nc1ccccc1Cl. The summed E-state index contributed by atoms with van der Waals surface area (Å²) in [5, 5.41) is 3.26. The molecule has 0 aliphatic carbocycles. The Morgan fingerprint density at radius 1 is 1.29 bits per heavy atom. The maximum atomic E-state index is 12.2. The average Bonchev–Trinajstić information content (AvgIpc) is 2.47. The summed E-state index contributed by atoms with van der Waals surface area (Å²) in [5.41, 5.74) is 1.84. The van der Waals surface area contributed by atoms with Crippen molar-refractivity contribution in [3.8, 4) is 0 Å². The quantitative estimate of drug-likeness (QED) is 0.751. The summed E-state index contributed by atoms with van der Waals surface area (Å²) < 4.78 is 1.05. The van der Waals surface area contributed by atoms with Crippen LogP contribution in [0.2, 0.25) is 5.02 Å². The molecule has 2 nitrogen and oxygen atoms in total. The van der Waals surface area contributed by atoms with Crippen molar-refractivity contribution in [2.24, 2.45) is 0 Å². The van der Waals surface area contributed by atoms with Gasteiger partial charge in [0.1, 0.15) is 0 Å². The summed E-state index contributed by atoms with van der Waals surface area (Å²) >= 11 is 11.1. The van der Waals surface area contributed by atoms with E-state index in [0.717, 1.165) is 10.2 Å². The Kier molecular flexibility index (Phi) is 6.15. The maximum Gasteiger partial charge on any atom is 0.237 e. The highest BCUT2D eigenvalue weighted by Crippen LogP contribution is 2.24. The molecular formula is C16H15BrClNOS. The van der Waals surface area contributed by atoms with Gasteiger partial charge in [-0.3, -0.25) is 4.79 Å². The first kappa shape index (κ1) is 16.4. The second-order valence-electron chi connectivity index (χ2n) is 4.55. The average molecular weight is 385 g/mol. The third kappa shape index (κ3) is 5.06. The molecule has 0 aromatic heterocycles. The highest BCUT2D eigenvalue weighted by molar-refractivity contribution is 9.10. The molecule has 0 spiro atoms. The fourth-order valence-electron chi connectivity index (χ4n) is 1.72. The normalized spacial score (nSPS) is 12.0. The Labute approximate surface area is 142 Å². The van der Waals surface area contributed by atoms with Gasteiger partial charge in [-0.25, -0.2) is 0 Å². The molecule has 0 saturated heterocycles. The van der Waals surface area contributed by atoms with Crippen LogP contribution in [0, 0.1) is 0 Å². The van der Waals surface area contributed by atoms with Gasteiger partial charge in [0.05, 0.1) is 16.0 Å². The van der Waals surface area contributed by atoms with Crippen LogP contribution >= 0.6 is 39.3 Å². The van der Waals surface area contributed by atoms with E-state index >= 15 is 0 Å². The van der Waals surface area contributed by atoms with E-state index in [-0.39, 0.29) is 11.2 Å². The van der Waals surface area contributed by atoms with Crippen LogP contribution in [0.4, 0.5) is 5.69 Å². The molecule has 2 aromatic carbocycles. The molecular weight excluding hydrogens is 370 g/mol. The van der Waals surface area contributed by atoms with Crippen LogP contribution in [0.15, 0.2) is 53.0 Å². The number of carbonyl (C=O) groups is 1. The minimum atomic E-state index is -0.153. The Morgan fingerprint density at radius 3 is 2.76 bits per heavy atom. The Bertz CT molecular complexity index is 635. The lowest BCUT2D eigenvalue weighted by atomic mass is 10.2. The van der Waals surface area contributed by atoms with Gasteiger partial charge in [-0.15, -0.1) is 11.8 Å². The van der Waals surface area contributed by atoms with Crippen molar-refractivity contribution in [1.82, 2.24) is 0 Å². The first-order valence-corrected chi connectivity index (χ1v) is 8.69. The number of hydrogen-bond donors (Lipinski definition) is 1. The fraction of sp³-hybridized carbons (Fsp3) is 0.188. The van der Waals surface area contributed by atoms with Crippen LogP contribution in [-0.4, -0.2) is 11.2 Å². The Balaban J connectivity index is 1.90. The molecule has 0 bridgehead atoms. The number of nitrogens with one attached hydrogen (secondary N) is 1. The third-order valence-electron chi connectivity index (χ3n) is 2.89. The van der Waals surface area contributed by atoms with E-state index in [1.54, 1.807) is 23.9 Å². The molecule has 21 heavy (non-hydrogen) atoms. The van der Waals surface area contributed by atoms with Crippen LogP contribution in [0.3, 0.4) is 0 Å². The minimum Gasteiger partial charge on any atom is -0.324 e. The van der Waals surface area contributed by atoms with E-state index in [9.17, 15) is 4.79 Å². The van der Waals surface area contributed by atoms with E-state index in [4.69, 9.17) is 11.6 Å². The predicted octanol–water partition coefficient (Wildman–Crippen LogP) is 5.36. The van der Waals surface area contributed by atoms with Crippen molar-refractivity contribution >= 4 is 50.9 Å². The van der Waals surface area contributed by atoms with Gasteiger partial charge in [-0.05, 0) is 36.8 Å². The monoisotopic (exact) mass is 383 g/mol. The fourth-order valence-corrected chi connectivity index (χ4v) is 3.18. The number of halogens is 2. The highest BCUT2D eigenvalue weighted by atomic mass is 79.9. The van der Waals surface area contributed by atoms with Crippen LogP contribution in [0.25, 0.3) is 0 Å². The minimum absolute atomic E-state index is 0.0388. The second kappa shape index (κ2) is 7.87. The van der Waals surface area contributed by atoms with Gasteiger partial charge in [0, 0.05) is 10.2 Å². The first-order chi connectivity index (χ1) is 10.1. The number of anilines is 1. The number of carbonyl (C=O) groups excluding carboxylic acids is 1. The van der Waals surface area contributed by atoms with E-state index in [1.807, 2.05) is 31.2 Å². The van der Waals surface area contributed by atoms with Gasteiger partial charge < -0.3 is 5.32 Å². The van der Waals surface area contributed by atoms with Gasteiger partial charge in [0.2, 0.25) is 5.91 Å². The lowest BCUT2D eigenvalue weighted by Crippen LogP contribution is -2.22. The number of thioether (sulfide) groups is 1. The van der Waals surface area contributed by atoms with E-state index in [2.05, 4.69) is 33.4 Å². The smallest absolute Gasteiger partial charge is 0.237 e. The van der Waals surface area contributed by atoms with E-state index < -0.39 is 0 Å². The standard InChI is InChI=1S/C16H15BrClNOS/c1-11(21-10-12-5-4-6-13(17)9-12)16(20)19-15-8-3-2-7-14(15)18/h2-9,11H,10H2,1H3,(H,19,20)/t11-/m0/s1. The molecule has 1 N–H and O–H groups in total. The van der Waals surface area contributed by atoms with Crippen LogP contribution < -0.4 is 5.32 Å². The van der Waals surface area contributed by atoms with Gasteiger partial charge in [-0.2, -0.15) is 0 Å². The van der Waals surface area contributed by atoms with E-state index in [0.29, 0.717) is 10.7 Å². The molecule has 0 aliphatic heterocycles. The molecule has 1 atom stereocenters. The zero-order valence-corrected chi connectivity index (χ0v) is 14.6. The Hall–Kier alpha value is -0.970. The summed E-state index contributed by atoms with van der Waals surface area (Å²) in [5.74, 6) is 0.749. The second-order valence-corrected chi connectivity index (χ2v) is 7.20. The molecule has 5 heteroatoms. The number of amides is 1. The van der Waals surface area contributed by atoms with Crippen LogP contribution in [0.1, 0.15) is 12.5 Å². The molecule has 2 aromatic rings. The number of hydrogen-bond acceptors (Lipinski definition) is 2. The molecule has 2 rings (SSSR count). The summed E-state index contributed by atoms with van der Waals surface area (Å²) in [6, 6.07) is 15.3. The Morgan fingerprint density at radius 2 is 2.05 bits per heavy atom. The molecule has 110 valence electrons. The number of benzene rings is 2. The largest absolute Gasteiger partial charge is 0.324 e. The van der Waals surface area contributed by atoms with Crippen molar-refractivity contribution in [3.63, 3.8) is 0 Å². The third-order valence-corrected chi connectivity index (χ3v) is 4.93. The highest BCUT2D eigenvalue weighted by Gasteiger charge is 2.14. The van der Waals surface area contributed by atoms with Crippen molar-refractivity contribution < 1.29 is 4.79 Å². The van der Waals surface area contributed by atoms with Gasteiger partial charge in [-0.1, -0.05) is 51.8 Å². The molecule has 0 heterocycles. The lowest BCUT2D eigenvalue weighted by molar-refractivity contribution is -0.115. The van der Waals surface area contributed by atoms with Crippen LogP contribution in [-0.2, 0) is 10.5 Å². The maximum absolute atomic E-state index is 12.2. The lowest BCUT2D eigenvalue weighted by Gasteiger charge is -2.13. The number of para-hydroxylation sites is 1. The summed E-state index contributed by atoms with van der Waals surface area (Å²) in [7, 11) is 0. The zero-order valence-electron chi connectivity index (χ0n) is 11.5. The molecule has 1 amide bonds.